The van der Waals surface area contributed by atoms with Gasteiger partial charge in [0.15, 0.2) is 0 Å². The molecular weight excluding hydrogens is 138 g/mol. The van der Waals surface area contributed by atoms with E-state index in [2.05, 4.69) is 10.8 Å². The molecule has 1 fully saturated rings. The van der Waals surface area contributed by atoms with Gasteiger partial charge in [-0.05, 0) is 12.8 Å². The molecule has 0 amide bonds. The number of aliphatic hydroxyl groups excluding tert-OH is 1. The molecular formula is C9H15NO. The molecule has 0 aromatic carbocycles. The Balaban J connectivity index is 2.26. The molecule has 1 aliphatic carbocycles. The van der Waals surface area contributed by atoms with Crippen LogP contribution in [-0.2, 0) is 0 Å². The SMILES string of the molecule is C#CCN(CCO)C1CCC1. The van der Waals surface area contributed by atoms with Crippen LogP contribution in [0.3, 0.4) is 0 Å². The van der Waals surface area contributed by atoms with Gasteiger partial charge in [-0.25, -0.2) is 0 Å². The number of aliphatic hydroxyl groups is 1. The summed E-state index contributed by atoms with van der Waals surface area (Å²) in [6.07, 6.45) is 9.02. The van der Waals surface area contributed by atoms with Crippen LogP contribution in [0.15, 0.2) is 0 Å². The lowest BCUT2D eigenvalue weighted by molar-refractivity contribution is 0.116. The first-order valence-electron chi connectivity index (χ1n) is 4.17. The van der Waals surface area contributed by atoms with E-state index in [1.807, 2.05) is 0 Å². The molecule has 1 aliphatic rings. The lowest BCUT2D eigenvalue weighted by Crippen LogP contribution is -2.41. The van der Waals surface area contributed by atoms with E-state index < -0.39 is 0 Å². The number of hydrogen-bond donors (Lipinski definition) is 1. The first-order valence-corrected chi connectivity index (χ1v) is 4.17. The number of hydrogen-bond acceptors (Lipinski definition) is 2. The maximum Gasteiger partial charge on any atom is 0.0602 e. The van der Waals surface area contributed by atoms with Gasteiger partial charge >= 0.3 is 0 Å². The third-order valence-electron chi connectivity index (χ3n) is 2.27. The lowest BCUT2D eigenvalue weighted by atomic mass is 9.91. The summed E-state index contributed by atoms with van der Waals surface area (Å²) in [5, 5.41) is 8.72. The quantitative estimate of drug-likeness (QED) is 0.593. The van der Waals surface area contributed by atoms with Gasteiger partial charge in [-0.1, -0.05) is 12.3 Å². The van der Waals surface area contributed by atoms with E-state index in [4.69, 9.17) is 11.5 Å². The van der Waals surface area contributed by atoms with Crippen LogP contribution in [0.1, 0.15) is 19.3 Å². The lowest BCUT2D eigenvalue weighted by Gasteiger charge is -2.35. The highest BCUT2D eigenvalue weighted by molar-refractivity contribution is 4.92. The minimum absolute atomic E-state index is 0.220. The summed E-state index contributed by atoms with van der Waals surface area (Å²) in [7, 11) is 0. The minimum Gasteiger partial charge on any atom is -0.395 e. The van der Waals surface area contributed by atoms with Crippen LogP contribution in [0.4, 0.5) is 0 Å². The van der Waals surface area contributed by atoms with Crippen molar-refractivity contribution in [3.05, 3.63) is 0 Å². The minimum atomic E-state index is 0.220. The number of terminal acetylenes is 1. The molecule has 0 aliphatic heterocycles. The van der Waals surface area contributed by atoms with Gasteiger partial charge in [-0.2, -0.15) is 0 Å². The van der Waals surface area contributed by atoms with Crippen LogP contribution >= 0.6 is 0 Å². The molecule has 0 unspecified atom stereocenters. The highest BCUT2D eigenvalue weighted by atomic mass is 16.3. The zero-order valence-electron chi connectivity index (χ0n) is 6.79. The Morgan fingerprint density at radius 2 is 2.27 bits per heavy atom. The molecule has 1 rings (SSSR count). The maximum absolute atomic E-state index is 8.72. The molecule has 62 valence electrons. The smallest absolute Gasteiger partial charge is 0.0602 e. The first kappa shape index (κ1) is 8.58. The van der Waals surface area contributed by atoms with Crippen molar-refractivity contribution in [1.29, 1.82) is 0 Å². The molecule has 1 N–H and O–H groups in total. The molecule has 2 nitrogen and oxygen atoms in total. The van der Waals surface area contributed by atoms with Gasteiger partial charge in [0.25, 0.3) is 0 Å². The zero-order valence-corrected chi connectivity index (χ0v) is 6.79. The van der Waals surface area contributed by atoms with Gasteiger partial charge in [-0.15, -0.1) is 6.42 Å². The highest BCUT2D eigenvalue weighted by Crippen LogP contribution is 2.23. The van der Waals surface area contributed by atoms with Crippen LogP contribution < -0.4 is 0 Å². The Labute approximate surface area is 68.2 Å². The number of rotatable bonds is 4. The van der Waals surface area contributed by atoms with Gasteiger partial charge in [0, 0.05) is 12.6 Å². The third-order valence-corrected chi connectivity index (χ3v) is 2.27. The van der Waals surface area contributed by atoms with E-state index in [1.54, 1.807) is 0 Å². The Bertz CT molecular complexity index is 146. The van der Waals surface area contributed by atoms with Crippen LogP contribution in [0.2, 0.25) is 0 Å². The van der Waals surface area contributed by atoms with Crippen LogP contribution in [0.25, 0.3) is 0 Å². The molecule has 0 heterocycles. The van der Waals surface area contributed by atoms with Gasteiger partial charge in [0.1, 0.15) is 0 Å². The van der Waals surface area contributed by atoms with Crippen molar-refractivity contribution >= 4 is 0 Å². The maximum atomic E-state index is 8.72. The van der Waals surface area contributed by atoms with Crippen molar-refractivity contribution in [3.8, 4) is 12.3 Å². The molecule has 0 saturated heterocycles. The third kappa shape index (κ3) is 2.21. The summed E-state index contributed by atoms with van der Waals surface area (Å²) < 4.78 is 0. The summed E-state index contributed by atoms with van der Waals surface area (Å²) in [6, 6.07) is 0.651. The first-order chi connectivity index (χ1) is 5.38. The largest absolute Gasteiger partial charge is 0.395 e. The summed E-state index contributed by atoms with van der Waals surface area (Å²) in [6.45, 7) is 1.64. The van der Waals surface area contributed by atoms with E-state index in [0.29, 0.717) is 12.6 Å². The second kappa shape index (κ2) is 4.38. The Morgan fingerprint density at radius 3 is 2.64 bits per heavy atom. The molecule has 1 saturated carbocycles. The van der Waals surface area contributed by atoms with Crippen molar-refractivity contribution in [2.24, 2.45) is 0 Å². The molecule has 0 spiro atoms. The Morgan fingerprint density at radius 1 is 1.55 bits per heavy atom. The zero-order chi connectivity index (χ0) is 8.10. The Hall–Kier alpha value is -0.520. The molecule has 0 atom stereocenters. The van der Waals surface area contributed by atoms with E-state index in [0.717, 1.165) is 6.54 Å². The molecule has 0 aromatic heterocycles. The normalized spacial score (nSPS) is 17.9. The second-order valence-electron chi connectivity index (χ2n) is 2.98. The van der Waals surface area contributed by atoms with Crippen molar-refractivity contribution in [3.63, 3.8) is 0 Å². The van der Waals surface area contributed by atoms with Crippen LogP contribution in [0, 0.1) is 12.3 Å². The van der Waals surface area contributed by atoms with Gasteiger partial charge in [0.2, 0.25) is 0 Å². The van der Waals surface area contributed by atoms with Gasteiger partial charge in [0.05, 0.1) is 13.2 Å². The van der Waals surface area contributed by atoms with E-state index in [1.165, 1.54) is 19.3 Å². The monoisotopic (exact) mass is 153 g/mol. The van der Waals surface area contributed by atoms with E-state index in [-0.39, 0.29) is 6.61 Å². The fraction of sp³-hybridized carbons (Fsp3) is 0.778. The summed E-state index contributed by atoms with van der Waals surface area (Å²) >= 11 is 0. The highest BCUT2D eigenvalue weighted by Gasteiger charge is 2.23. The van der Waals surface area contributed by atoms with Gasteiger partial charge in [-0.3, -0.25) is 4.90 Å². The summed E-state index contributed by atoms with van der Waals surface area (Å²) in [5.41, 5.74) is 0. The van der Waals surface area contributed by atoms with Crippen LogP contribution in [-0.4, -0.2) is 35.7 Å². The molecule has 0 radical (unpaired) electrons. The van der Waals surface area contributed by atoms with Crippen molar-refractivity contribution in [1.82, 2.24) is 4.90 Å². The Kier molecular flexibility index (Phi) is 3.41. The second-order valence-corrected chi connectivity index (χ2v) is 2.98. The van der Waals surface area contributed by atoms with E-state index in [9.17, 15) is 0 Å². The standard InChI is InChI=1S/C9H15NO/c1-2-6-10(7-8-11)9-4-3-5-9/h1,9,11H,3-8H2. The fourth-order valence-corrected chi connectivity index (χ4v) is 1.39. The predicted octanol–water partition coefficient (Wildman–Crippen LogP) is 0.466. The number of nitrogens with zero attached hydrogens (tertiary/aromatic N) is 1. The van der Waals surface area contributed by atoms with Crippen molar-refractivity contribution in [2.75, 3.05) is 19.7 Å². The van der Waals surface area contributed by atoms with E-state index >= 15 is 0 Å². The topological polar surface area (TPSA) is 23.5 Å². The average molecular weight is 153 g/mol. The van der Waals surface area contributed by atoms with Crippen LogP contribution in [0.5, 0.6) is 0 Å². The fourth-order valence-electron chi connectivity index (χ4n) is 1.39. The van der Waals surface area contributed by atoms with Crippen molar-refractivity contribution < 1.29 is 5.11 Å². The molecule has 0 bridgehead atoms. The summed E-state index contributed by atoms with van der Waals surface area (Å²) in [5.74, 6) is 2.62. The average Bonchev–Trinajstić information content (AvgIpc) is 1.85. The molecule has 0 aromatic rings. The predicted molar refractivity (Wildman–Crippen MR) is 45.1 cm³/mol. The van der Waals surface area contributed by atoms with Gasteiger partial charge < -0.3 is 5.11 Å². The molecule has 11 heavy (non-hydrogen) atoms. The molecule has 2 heteroatoms. The van der Waals surface area contributed by atoms with Crippen molar-refractivity contribution in [2.45, 2.75) is 25.3 Å². The summed E-state index contributed by atoms with van der Waals surface area (Å²) in [4.78, 5) is 2.18.